The molecule has 0 saturated carbocycles. The summed E-state index contributed by atoms with van der Waals surface area (Å²) in [6.07, 6.45) is -0.903. The molecule has 0 aliphatic carbocycles. The number of carbonyl (C=O) groups is 2. The Balaban J connectivity index is 1.58. The second-order valence-corrected chi connectivity index (χ2v) is 6.47. The highest BCUT2D eigenvalue weighted by atomic mass is 35.5. The first-order chi connectivity index (χ1) is 12.5. The third-order valence-electron chi connectivity index (χ3n) is 3.93. The van der Waals surface area contributed by atoms with Gasteiger partial charge in [-0.25, -0.2) is 4.79 Å². The van der Waals surface area contributed by atoms with E-state index in [9.17, 15) is 9.59 Å². The Morgan fingerprint density at radius 2 is 1.96 bits per heavy atom. The van der Waals surface area contributed by atoms with Crippen LogP contribution in [0, 0.1) is 0 Å². The van der Waals surface area contributed by atoms with Crippen LogP contribution in [0.1, 0.15) is 10.4 Å². The second-order valence-electron chi connectivity index (χ2n) is 5.65. The molecule has 1 aliphatic heterocycles. The van der Waals surface area contributed by atoms with E-state index >= 15 is 0 Å². The molecule has 1 aliphatic rings. The summed E-state index contributed by atoms with van der Waals surface area (Å²) < 4.78 is 10.4. The number of hydrogen-bond donors (Lipinski definition) is 1. The zero-order valence-electron chi connectivity index (χ0n) is 13.9. The quantitative estimate of drug-likeness (QED) is 0.837. The number of methoxy groups -OCH3 is 1. The van der Waals surface area contributed by atoms with E-state index in [2.05, 4.69) is 5.32 Å². The maximum absolute atomic E-state index is 12.2. The first-order valence-electron chi connectivity index (χ1n) is 7.83. The number of hydrogen-bond acceptors (Lipinski definition) is 4. The summed E-state index contributed by atoms with van der Waals surface area (Å²) in [6, 6.07) is 11.7. The van der Waals surface area contributed by atoms with Crippen molar-refractivity contribution in [3.63, 3.8) is 0 Å². The van der Waals surface area contributed by atoms with Gasteiger partial charge < -0.3 is 14.8 Å². The van der Waals surface area contributed by atoms with Crippen molar-refractivity contribution in [1.29, 1.82) is 0 Å². The van der Waals surface area contributed by atoms with Gasteiger partial charge in [-0.15, -0.1) is 0 Å². The van der Waals surface area contributed by atoms with Gasteiger partial charge in [0.15, 0.2) is 0 Å². The van der Waals surface area contributed by atoms with E-state index < -0.39 is 12.2 Å². The molecule has 1 heterocycles. The summed E-state index contributed by atoms with van der Waals surface area (Å²) in [5.74, 6) is 0.384. The number of benzene rings is 2. The highest BCUT2D eigenvalue weighted by molar-refractivity contribution is 6.42. The molecule has 8 heteroatoms. The molecule has 26 heavy (non-hydrogen) atoms. The number of nitrogens with one attached hydrogen (secondary N) is 1. The summed E-state index contributed by atoms with van der Waals surface area (Å²) in [5.41, 5.74) is 1.09. The minimum atomic E-state index is -0.455. The fraction of sp³-hybridized carbons (Fsp3) is 0.222. The number of nitrogens with zero attached hydrogens (tertiary/aromatic N) is 1. The van der Waals surface area contributed by atoms with Gasteiger partial charge in [0, 0.05) is 11.3 Å². The Morgan fingerprint density at radius 3 is 2.62 bits per heavy atom. The highest BCUT2D eigenvalue weighted by Gasteiger charge is 2.32. The molecule has 1 saturated heterocycles. The molecular weight excluding hydrogens is 379 g/mol. The Morgan fingerprint density at radius 1 is 1.23 bits per heavy atom. The Labute approximate surface area is 160 Å². The molecule has 1 unspecified atom stereocenters. The molecule has 6 nitrogen and oxygen atoms in total. The van der Waals surface area contributed by atoms with Crippen molar-refractivity contribution in [3.8, 4) is 5.75 Å². The first-order valence-corrected chi connectivity index (χ1v) is 8.59. The molecule has 1 fully saturated rings. The summed E-state index contributed by atoms with van der Waals surface area (Å²) in [7, 11) is 1.58. The van der Waals surface area contributed by atoms with E-state index in [1.165, 1.54) is 11.0 Å². The van der Waals surface area contributed by atoms with Crippen LogP contribution >= 0.6 is 23.2 Å². The Bertz CT molecular complexity index is 826. The van der Waals surface area contributed by atoms with Gasteiger partial charge >= 0.3 is 6.09 Å². The monoisotopic (exact) mass is 394 g/mol. The summed E-state index contributed by atoms with van der Waals surface area (Å²) in [5, 5.41) is 3.41. The van der Waals surface area contributed by atoms with E-state index in [4.69, 9.17) is 32.7 Å². The minimum Gasteiger partial charge on any atom is -0.497 e. The zero-order chi connectivity index (χ0) is 18.7. The van der Waals surface area contributed by atoms with E-state index in [1.807, 2.05) is 0 Å². The van der Waals surface area contributed by atoms with Gasteiger partial charge in [0.05, 0.1) is 30.2 Å². The van der Waals surface area contributed by atoms with Crippen LogP contribution in [0.3, 0.4) is 0 Å². The van der Waals surface area contributed by atoms with Crippen LogP contribution < -0.4 is 15.0 Å². The lowest BCUT2D eigenvalue weighted by molar-refractivity contribution is 0.0916. The third-order valence-corrected chi connectivity index (χ3v) is 4.67. The maximum Gasteiger partial charge on any atom is 0.414 e. The van der Waals surface area contributed by atoms with Crippen LogP contribution in [-0.2, 0) is 4.74 Å². The third kappa shape index (κ3) is 4.03. The summed E-state index contributed by atoms with van der Waals surface area (Å²) in [6.45, 7) is 0.532. The fourth-order valence-corrected chi connectivity index (χ4v) is 2.84. The zero-order valence-corrected chi connectivity index (χ0v) is 15.4. The minimum absolute atomic E-state index is 0.192. The molecule has 1 atom stereocenters. The van der Waals surface area contributed by atoms with Crippen molar-refractivity contribution in [2.75, 3.05) is 25.1 Å². The number of ether oxygens (including phenoxy) is 2. The van der Waals surface area contributed by atoms with Crippen molar-refractivity contribution in [1.82, 2.24) is 5.32 Å². The fourth-order valence-electron chi connectivity index (χ4n) is 2.55. The standard InChI is InChI=1S/C18H16Cl2N2O4/c1-25-13-5-3-12(4-6-13)22-10-14(26-18(22)24)9-21-17(23)11-2-7-15(19)16(20)8-11/h2-8,14H,9-10H2,1H3,(H,21,23). The Hall–Kier alpha value is -2.44. The average molecular weight is 395 g/mol. The molecule has 3 rings (SSSR count). The van der Waals surface area contributed by atoms with Gasteiger partial charge in [0.2, 0.25) is 0 Å². The lowest BCUT2D eigenvalue weighted by atomic mass is 10.2. The first kappa shape index (κ1) is 18.4. The number of anilines is 1. The predicted octanol–water partition coefficient (Wildman–Crippen LogP) is 3.76. The van der Waals surface area contributed by atoms with Crippen LogP contribution in [0.5, 0.6) is 5.75 Å². The summed E-state index contributed by atoms with van der Waals surface area (Å²) >= 11 is 11.8. The molecule has 0 bridgehead atoms. The molecule has 0 aromatic heterocycles. The van der Waals surface area contributed by atoms with Crippen LogP contribution in [-0.4, -0.2) is 38.3 Å². The van der Waals surface area contributed by atoms with E-state index in [0.29, 0.717) is 33.6 Å². The number of rotatable bonds is 5. The van der Waals surface area contributed by atoms with Crippen molar-refractivity contribution in [2.24, 2.45) is 0 Å². The van der Waals surface area contributed by atoms with Gasteiger partial charge in [0.25, 0.3) is 5.91 Å². The van der Waals surface area contributed by atoms with Gasteiger partial charge in [-0.1, -0.05) is 23.2 Å². The molecule has 2 aromatic carbocycles. The molecule has 1 N–H and O–H groups in total. The van der Waals surface area contributed by atoms with Crippen molar-refractivity contribution in [3.05, 3.63) is 58.1 Å². The Kier molecular flexibility index (Phi) is 5.54. The topological polar surface area (TPSA) is 67.9 Å². The smallest absolute Gasteiger partial charge is 0.414 e. The van der Waals surface area contributed by atoms with E-state index in [1.54, 1.807) is 43.5 Å². The van der Waals surface area contributed by atoms with Crippen LogP contribution in [0.25, 0.3) is 0 Å². The molecule has 0 spiro atoms. The van der Waals surface area contributed by atoms with E-state index in [-0.39, 0.29) is 12.5 Å². The number of carbonyl (C=O) groups excluding carboxylic acids is 2. The van der Waals surface area contributed by atoms with Gasteiger partial charge in [0.1, 0.15) is 11.9 Å². The summed E-state index contributed by atoms with van der Waals surface area (Å²) in [4.78, 5) is 25.8. The van der Waals surface area contributed by atoms with Crippen molar-refractivity contribution in [2.45, 2.75) is 6.10 Å². The maximum atomic E-state index is 12.2. The molecule has 2 aromatic rings. The van der Waals surface area contributed by atoms with Gasteiger partial charge in [-0.2, -0.15) is 0 Å². The largest absolute Gasteiger partial charge is 0.497 e. The van der Waals surface area contributed by atoms with Crippen molar-refractivity contribution < 1.29 is 19.1 Å². The van der Waals surface area contributed by atoms with Crippen molar-refractivity contribution >= 4 is 40.9 Å². The van der Waals surface area contributed by atoms with Gasteiger partial charge in [-0.05, 0) is 42.5 Å². The van der Waals surface area contributed by atoms with E-state index in [0.717, 1.165) is 0 Å². The molecule has 136 valence electrons. The SMILES string of the molecule is COc1ccc(N2CC(CNC(=O)c3ccc(Cl)c(Cl)c3)OC2=O)cc1. The average Bonchev–Trinajstić information content (AvgIpc) is 3.02. The molecule has 0 radical (unpaired) electrons. The van der Waals surface area contributed by atoms with Gasteiger partial charge in [-0.3, -0.25) is 9.69 Å². The lowest BCUT2D eigenvalue weighted by Crippen LogP contribution is -2.34. The highest BCUT2D eigenvalue weighted by Crippen LogP contribution is 2.24. The normalized spacial score (nSPS) is 16.3. The number of halogens is 2. The van der Waals surface area contributed by atoms with Crippen LogP contribution in [0.2, 0.25) is 10.0 Å². The number of amides is 2. The predicted molar refractivity (Wildman–Crippen MR) is 99.4 cm³/mol. The second kappa shape index (κ2) is 7.85. The van der Waals surface area contributed by atoms with Crippen LogP contribution in [0.4, 0.5) is 10.5 Å². The molecule has 2 amide bonds. The van der Waals surface area contributed by atoms with Crippen LogP contribution in [0.15, 0.2) is 42.5 Å². The molecular formula is C18H16Cl2N2O4. The lowest BCUT2D eigenvalue weighted by Gasteiger charge is -2.13. The number of cyclic esters (lactones) is 1.